The molecule has 30 heavy (non-hydrogen) atoms. The fourth-order valence-corrected chi connectivity index (χ4v) is 3.46. The van der Waals surface area contributed by atoms with E-state index in [0.29, 0.717) is 49.5 Å². The van der Waals surface area contributed by atoms with Gasteiger partial charge in [-0.1, -0.05) is 24.3 Å². The summed E-state index contributed by atoms with van der Waals surface area (Å²) in [5.74, 6) is -0.551. The maximum Gasteiger partial charge on any atom is 0.309 e. The van der Waals surface area contributed by atoms with Gasteiger partial charge in [0.2, 0.25) is 5.91 Å². The monoisotopic (exact) mass is 409 g/mol. The molecule has 7 heteroatoms. The lowest BCUT2D eigenvalue weighted by atomic mass is 9.97. The number of nitrogens with one attached hydrogen (secondary N) is 2. The molecule has 0 saturated carbocycles. The fraction of sp³-hybridized carbons (Fsp3) is 0.348. The highest BCUT2D eigenvalue weighted by Crippen LogP contribution is 2.19. The number of anilines is 2. The van der Waals surface area contributed by atoms with Gasteiger partial charge in [0.1, 0.15) is 0 Å². The van der Waals surface area contributed by atoms with E-state index in [1.165, 1.54) is 0 Å². The van der Waals surface area contributed by atoms with Gasteiger partial charge >= 0.3 is 5.97 Å². The lowest BCUT2D eigenvalue weighted by Crippen LogP contribution is -2.41. The second kappa shape index (κ2) is 10.5. The van der Waals surface area contributed by atoms with Gasteiger partial charge in [-0.25, -0.2) is 0 Å². The minimum absolute atomic E-state index is 0.0748. The van der Waals surface area contributed by atoms with Crippen LogP contribution >= 0.6 is 0 Å². The van der Waals surface area contributed by atoms with Gasteiger partial charge in [-0.15, -0.1) is 0 Å². The number of hydrogen-bond acceptors (Lipinski definition) is 5. The number of ether oxygens (including phenoxy) is 1. The smallest absolute Gasteiger partial charge is 0.309 e. The molecule has 2 amide bonds. The summed E-state index contributed by atoms with van der Waals surface area (Å²) < 4.78 is 5.08. The third-order valence-corrected chi connectivity index (χ3v) is 5.01. The van der Waals surface area contributed by atoms with Gasteiger partial charge in [0, 0.05) is 16.9 Å². The van der Waals surface area contributed by atoms with Crippen LogP contribution in [0.15, 0.2) is 54.6 Å². The first kappa shape index (κ1) is 21.5. The molecule has 0 spiro atoms. The number of nitrogens with zero attached hydrogens (tertiary/aromatic N) is 1. The third-order valence-electron chi connectivity index (χ3n) is 5.01. The molecule has 1 heterocycles. The number of carbonyl (C=O) groups excluding carboxylic acids is 3. The van der Waals surface area contributed by atoms with Crippen LogP contribution < -0.4 is 10.6 Å². The number of hydrogen-bond donors (Lipinski definition) is 2. The van der Waals surface area contributed by atoms with Crippen LogP contribution in [0.2, 0.25) is 0 Å². The Morgan fingerprint density at radius 2 is 1.63 bits per heavy atom. The molecule has 0 aromatic heterocycles. The van der Waals surface area contributed by atoms with Crippen LogP contribution in [-0.2, 0) is 14.3 Å². The number of piperidine rings is 1. The molecule has 2 aromatic carbocycles. The molecule has 0 atom stereocenters. The van der Waals surface area contributed by atoms with Crippen molar-refractivity contribution in [2.75, 3.05) is 36.9 Å². The number of amides is 2. The van der Waals surface area contributed by atoms with Crippen molar-refractivity contribution >= 4 is 29.2 Å². The number of likely N-dealkylation sites (tertiary alicyclic amines) is 1. The zero-order valence-electron chi connectivity index (χ0n) is 17.1. The van der Waals surface area contributed by atoms with E-state index in [2.05, 4.69) is 10.6 Å². The summed E-state index contributed by atoms with van der Waals surface area (Å²) in [4.78, 5) is 38.6. The van der Waals surface area contributed by atoms with Crippen molar-refractivity contribution in [3.8, 4) is 0 Å². The Bertz CT molecular complexity index is 877. The predicted octanol–water partition coefficient (Wildman–Crippen LogP) is 3.15. The van der Waals surface area contributed by atoms with E-state index in [0.717, 1.165) is 0 Å². The number of carbonyl (C=O) groups is 3. The first-order valence-electron chi connectivity index (χ1n) is 10.2. The topological polar surface area (TPSA) is 87.7 Å². The molecule has 7 nitrogen and oxygen atoms in total. The van der Waals surface area contributed by atoms with Crippen LogP contribution in [0.4, 0.5) is 11.4 Å². The molecule has 158 valence electrons. The van der Waals surface area contributed by atoms with E-state index in [9.17, 15) is 14.4 Å². The molecule has 1 aliphatic heterocycles. The molecule has 0 bridgehead atoms. The molecule has 3 rings (SSSR count). The second-order valence-corrected chi connectivity index (χ2v) is 7.25. The first-order valence-corrected chi connectivity index (χ1v) is 10.2. The molecule has 2 aromatic rings. The summed E-state index contributed by atoms with van der Waals surface area (Å²) in [5.41, 5.74) is 1.79. The summed E-state index contributed by atoms with van der Waals surface area (Å²) in [7, 11) is 0. The Hall–Kier alpha value is -3.19. The van der Waals surface area contributed by atoms with E-state index in [1.807, 2.05) is 11.0 Å². The summed E-state index contributed by atoms with van der Waals surface area (Å²) in [6.07, 6.45) is 1.40. The van der Waals surface area contributed by atoms with Crippen LogP contribution in [0.1, 0.15) is 30.1 Å². The molecular weight excluding hydrogens is 382 g/mol. The van der Waals surface area contributed by atoms with Crippen molar-refractivity contribution in [2.24, 2.45) is 5.92 Å². The van der Waals surface area contributed by atoms with E-state index >= 15 is 0 Å². The van der Waals surface area contributed by atoms with Crippen LogP contribution in [-0.4, -0.2) is 48.9 Å². The van der Waals surface area contributed by atoms with Crippen molar-refractivity contribution < 1.29 is 19.1 Å². The van der Waals surface area contributed by atoms with E-state index in [-0.39, 0.29) is 30.2 Å². The van der Waals surface area contributed by atoms with Crippen molar-refractivity contribution in [1.82, 2.24) is 4.90 Å². The average molecular weight is 409 g/mol. The summed E-state index contributed by atoms with van der Waals surface area (Å²) >= 11 is 0. The molecule has 1 fully saturated rings. The van der Waals surface area contributed by atoms with Crippen molar-refractivity contribution in [2.45, 2.75) is 19.8 Å². The Morgan fingerprint density at radius 3 is 2.30 bits per heavy atom. The number of rotatable bonds is 7. The van der Waals surface area contributed by atoms with E-state index in [1.54, 1.807) is 55.5 Å². The quantitative estimate of drug-likeness (QED) is 0.686. The minimum Gasteiger partial charge on any atom is -0.466 e. The first-order chi connectivity index (χ1) is 14.5. The number of benzene rings is 2. The normalized spacial score (nSPS) is 14.7. The van der Waals surface area contributed by atoms with Gasteiger partial charge in [0.25, 0.3) is 5.91 Å². The average Bonchev–Trinajstić information content (AvgIpc) is 2.75. The van der Waals surface area contributed by atoms with E-state index in [4.69, 9.17) is 4.74 Å². The molecule has 1 aliphatic rings. The Morgan fingerprint density at radius 1 is 0.967 bits per heavy atom. The molecule has 1 saturated heterocycles. The Labute approximate surface area is 176 Å². The van der Waals surface area contributed by atoms with Crippen LogP contribution in [0.3, 0.4) is 0 Å². The van der Waals surface area contributed by atoms with Gasteiger partial charge < -0.3 is 15.4 Å². The Kier molecular flexibility index (Phi) is 7.57. The highest BCUT2D eigenvalue weighted by Gasteiger charge is 2.26. The fourth-order valence-electron chi connectivity index (χ4n) is 3.46. The zero-order chi connectivity index (χ0) is 21.3. The van der Waals surface area contributed by atoms with Gasteiger partial charge in [0.15, 0.2) is 0 Å². The summed E-state index contributed by atoms with van der Waals surface area (Å²) in [6.45, 7) is 3.83. The van der Waals surface area contributed by atoms with Crippen LogP contribution in [0, 0.1) is 5.92 Å². The van der Waals surface area contributed by atoms with Gasteiger partial charge in [-0.05, 0) is 63.2 Å². The van der Waals surface area contributed by atoms with Crippen molar-refractivity contribution in [3.63, 3.8) is 0 Å². The van der Waals surface area contributed by atoms with Gasteiger partial charge in [0.05, 0.1) is 19.1 Å². The second-order valence-electron chi connectivity index (χ2n) is 7.25. The molecular formula is C23H27N3O4. The van der Waals surface area contributed by atoms with Crippen LogP contribution in [0.25, 0.3) is 0 Å². The summed E-state index contributed by atoms with van der Waals surface area (Å²) in [6, 6.07) is 16.0. The summed E-state index contributed by atoms with van der Waals surface area (Å²) in [5, 5.41) is 5.71. The van der Waals surface area contributed by atoms with Crippen LogP contribution in [0.5, 0.6) is 0 Å². The maximum absolute atomic E-state index is 12.4. The molecule has 0 radical (unpaired) electrons. The van der Waals surface area contributed by atoms with Crippen molar-refractivity contribution in [3.05, 3.63) is 60.2 Å². The SMILES string of the molecule is CCOC(=O)C1CCN(CC(=O)Nc2cccc(NC(=O)c3ccccc3)c2)CC1. The molecule has 0 unspecified atom stereocenters. The lowest BCUT2D eigenvalue weighted by molar-refractivity contribution is -0.149. The maximum atomic E-state index is 12.4. The highest BCUT2D eigenvalue weighted by molar-refractivity contribution is 6.04. The Balaban J connectivity index is 1.48. The predicted molar refractivity (Wildman–Crippen MR) is 115 cm³/mol. The zero-order valence-corrected chi connectivity index (χ0v) is 17.1. The molecule has 0 aliphatic carbocycles. The van der Waals surface area contributed by atoms with Crippen molar-refractivity contribution in [1.29, 1.82) is 0 Å². The van der Waals surface area contributed by atoms with E-state index < -0.39 is 0 Å². The largest absolute Gasteiger partial charge is 0.466 e. The number of esters is 1. The standard InChI is InChI=1S/C23H27N3O4/c1-2-30-23(29)18-11-13-26(14-12-18)16-21(27)24-19-9-6-10-20(15-19)25-22(28)17-7-4-3-5-8-17/h3-10,15,18H,2,11-14,16H2,1H3,(H,24,27)(H,25,28). The molecule has 2 N–H and O–H groups in total. The third kappa shape index (κ3) is 6.15. The highest BCUT2D eigenvalue weighted by atomic mass is 16.5. The van der Waals surface area contributed by atoms with Gasteiger partial charge in [-0.2, -0.15) is 0 Å². The minimum atomic E-state index is -0.205. The van der Waals surface area contributed by atoms with Gasteiger partial charge in [-0.3, -0.25) is 19.3 Å². The lowest BCUT2D eigenvalue weighted by Gasteiger charge is -2.30.